The molecule has 4 heteroatoms. The van der Waals surface area contributed by atoms with Gasteiger partial charge in [-0.05, 0) is 37.6 Å². The zero-order valence-electron chi connectivity index (χ0n) is 11.4. The number of aliphatic hydroxyl groups is 1. The molecule has 0 radical (unpaired) electrons. The Labute approximate surface area is 126 Å². The molecule has 20 heavy (non-hydrogen) atoms. The van der Waals surface area contributed by atoms with Crippen LogP contribution in [-0.2, 0) is 0 Å². The van der Waals surface area contributed by atoms with Crippen molar-refractivity contribution in [2.45, 2.75) is 20.0 Å². The number of aryl methyl sites for hydroxylation is 1. The molecule has 0 spiro atoms. The summed E-state index contributed by atoms with van der Waals surface area (Å²) in [4.78, 5) is 12.2. The van der Waals surface area contributed by atoms with Gasteiger partial charge < -0.3 is 10.4 Å². The molecule has 1 unspecified atom stereocenters. The van der Waals surface area contributed by atoms with Gasteiger partial charge in [0.25, 0.3) is 5.91 Å². The molecule has 2 aromatic carbocycles. The van der Waals surface area contributed by atoms with Gasteiger partial charge in [0.1, 0.15) is 0 Å². The largest absolute Gasteiger partial charge is 0.389 e. The summed E-state index contributed by atoms with van der Waals surface area (Å²) in [5.41, 5.74) is 2.98. The van der Waals surface area contributed by atoms with E-state index in [-0.39, 0.29) is 5.91 Å². The molecule has 0 aromatic heterocycles. The standard InChI is InChI=1S/C16H16BrNO2/c1-10-7-8-12(9-14(10)17)16(20)18-15-6-4-3-5-13(15)11(2)19/h3-9,11,19H,1-2H3,(H,18,20). The van der Waals surface area contributed by atoms with Crippen LogP contribution in [0.5, 0.6) is 0 Å². The molecule has 0 aliphatic rings. The first-order chi connectivity index (χ1) is 9.49. The van der Waals surface area contributed by atoms with Gasteiger partial charge in [0.05, 0.1) is 6.10 Å². The number of benzene rings is 2. The molecular weight excluding hydrogens is 318 g/mol. The molecule has 1 amide bonds. The van der Waals surface area contributed by atoms with Crippen molar-refractivity contribution < 1.29 is 9.90 Å². The van der Waals surface area contributed by atoms with Gasteiger partial charge in [-0.2, -0.15) is 0 Å². The number of amides is 1. The Morgan fingerprint density at radius 3 is 2.60 bits per heavy atom. The lowest BCUT2D eigenvalue weighted by atomic mass is 10.1. The van der Waals surface area contributed by atoms with E-state index in [1.807, 2.05) is 25.1 Å². The van der Waals surface area contributed by atoms with Crippen LogP contribution in [0.4, 0.5) is 5.69 Å². The van der Waals surface area contributed by atoms with Crippen molar-refractivity contribution in [3.8, 4) is 0 Å². The number of nitrogens with one attached hydrogen (secondary N) is 1. The topological polar surface area (TPSA) is 49.3 Å². The molecule has 0 aliphatic heterocycles. The van der Waals surface area contributed by atoms with Crippen molar-refractivity contribution in [2.75, 3.05) is 5.32 Å². The predicted octanol–water partition coefficient (Wildman–Crippen LogP) is 4.06. The van der Waals surface area contributed by atoms with E-state index in [1.165, 1.54) is 0 Å². The SMILES string of the molecule is Cc1ccc(C(=O)Nc2ccccc2C(C)O)cc1Br. The molecular formula is C16H16BrNO2. The fraction of sp³-hybridized carbons (Fsp3) is 0.188. The number of aliphatic hydroxyl groups excluding tert-OH is 1. The number of carbonyl (C=O) groups excluding carboxylic acids is 1. The minimum atomic E-state index is -0.628. The third kappa shape index (κ3) is 3.26. The highest BCUT2D eigenvalue weighted by atomic mass is 79.9. The molecule has 0 heterocycles. The second-order valence-corrected chi connectivity index (χ2v) is 5.54. The van der Waals surface area contributed by atoms with Gasteiger partial charge in [0.15, 0.2) is 0 Å². The summed E-state index contributed by atoms with van der Waals surface area (Å²) in [5, 5.41) is 12.5. The third-order valence-electron chi connectivity index (χ3n) is 3.09. The minimum absolute atomic E-state index is 0.196. The first-order valence-corrected chi connectivity index (χ1v) is 7.13. The summed E-state index contributed by atoms with van der Waals surface area (Å²) >= 11 is 3.42. The molecule has 0 bridgehead atoms. The van der Waals surface area contributed by atoms with Gasteiger partial charge in [-0.15, -0.1) is 0 Å². The van der Waals surface area contributed by atoms with Crippen molar-refractivity contribution in [2.24, 2.45) is 0 Å². The van der Waals surface area contributed by atoms with E-state index in [0.717, 1.165) is 10.0 Å². The van der Waals surface area contributed by atoms with Crippen LogP contribution in [-0.4, -0.2) is 11.0 Å². The lowest BCUT2D eigenvalue weighted by Gasteiger charge is -2.13. The molecule has 0 saturated carbocycles. The Morgan fingerprint density at radius 2 is 1.95 bits per heavy atom. The second kappa shape index (κ2) is 6.20. The molecule has 104 valence electrons. The van der Waals surface area contributed by atoms with Crippen molar-refractivity contribution in [3.63, 3.8) is 0 Å². The summed E-state index contributed by atoms with van der Waals surface area (Å²) in [6.45, 7) is 3.64. The maximum Gasteiger partial charge on any atom is 0.255 e. The molecule has 3 nitrogen and oxygen atoms in total. The summed E-state index contributed by atoms with van der Waals surface area (Å²) in [5.74, 6) is -0.196. The zero-order valence-corrected chi connectivity index (χ0v) is 12.9. The van der Waals surface area contributed by atoms with Crippen LogP contribution in [0, 0.1) is 6.92 Å². The van der Waals surface area contributed by atoms with Crippen molar-refractivity contribution in [3.05, 3.63) is 63.6 Å². The van der Waals surface area contributed by atoms with Crippen LogP contribution in [0.2, 0.25) is 0 Å². The van der Waals surface area contributed by atoms with Crippen molar-refractivity contribution >= 4 is 27.5 Å². The first kappa shape index (κ1) is 14.8. The Morgan fingerprint density at radius 1 is 1.25 bits per heavy atom. The number of anilines is 1. The van der Waals surface area contributed by atoms with Crippen LogP contribution in [0.1, 0.15) is 34.5 Å². The van der Waals surface area contributed by atoms with Crippen LogP contribution >= 0.6 is 15.9 Å². The van der Waals surface area contributed by atoms with E-state index in [4.69, 9.17) is 0 Å². The quantitative estimate of drug-likeness (QED) is 0.889. The highest BCUT2D eigenvalue weighted by molar-refractivity contribution is 9.10. The first-order valence-electron chi connectivity index (χ1n) is 6.33. The van der Waals surface area contributed by atoms with Crippen molar-refractivity contribution in [1.29, 1.82) is 0 Å². The number of halogens is 1. The van der Waals surface area contributed by atoms with Crippen molar-refractivity contribution in [1.82, 2.24) is 0 Å². The van der Waals surface area contributed by atoms with E-state index in [1.54, 1.807) is 31.2 Å². The number of carbonyl (C=O) groups is 1. The summed E-state index contributed by atoms with van der Waals surface area (Å²) < 4.78 is 0.897. The lowest BCUT2D eigenvalue weighted by molar-refractivity contribution is 0.102. The summed E-state index contributed by atoms with van der Waals surface area (Å²) in [6.07, 6.45) is -0.628. The Hall–Kier alpha value is -1.65. The average Bonchev–Trinajstić information content (AvgIpc) is 2.42. The highest BCUT2D eigenvalue weighted by Gasteiger charge is 2.12. The Kier molecular flexibility index (Phi) is 4.57. The highest BCUT2D eigenvalue weighted by Crippen LogP contribution is 2.23. The molecule has 0 saturated heterocycles. The average molecular weight is 334 g/mol. The Balaban J connectivity index is 2.26. The molecule has 2 aromatic rings. The monoisotopic (exact) mass is 333 g/mol. The van der Waals surface area contributed by atoms with E-state index in [0.29, 0.717) is 16.8 Å². The fourth-order valence-electron chi connectivity index (χ4n) is 1.90. The maximum absolute atomic E-state index is 12.2. The zero-order chi connectivity index (χ0) is 14.7. The molecule has 2 rings (SSSR count). The predicted molar refractivity (Wildman–Crippen MR) is 83.9 cm³/mol. The summed E-state index contributed by atoms with van der Waals surface area (Å²) in [6, 6.07) is 12.7. The van der Waals surface area contributed by atoms with Gasteiger partial charge in [0, 0.05) is 21.3 Å². The van der Waals surface area contributed by atoms with Gasteiger partial charge in [0.2, 0.25) is 0 Å². The normalized spacial score (nSPS) is 12.0. The van der Waals surface area contributed by atoms with Crippen LogP contribution in [0.15, 0.2) is 46.9 Å². The van der Waals surface area contributed by atoms with Gasteiger partial charge in [-0.1, -0.05) is 40.2 Å². The number of hydrogen-bond acceptors (Lipinski definition) is 2. The van der Waals surface area contributed by atoms with Gasteiger partial charge in [-0.3, -0.25) is 4.79 Å². The van der Waals surface area contributed by atoms with E-state index >= 15 is 0 Å². The van der Waals surface area contributed by atoms with Crippen LogP contribution in [0.3, 0.4) is 0 Å². The smallest absolute Gasteiger partial charge is 0.255 e. The van der Waals surface area contributed by atoms with Gasteiger partial charge in [-0.25, -0.2) is 0 Å². The number of para-hydroxylation sites is 1. The van der Waals surface area contributed by atoms with E-state index < -0.39 is 6.10 Å². The minimum Gasteiger partial charge on any atom is -0.389 e. The maximum atomic E-state index is 12.2. The van der Waals surface area contributed by atoms with Gasteiger partial charge >= 0.3 is 0 Å². The molecule has 0 aliphatic carbocycles. The third-order valence-corrected chi connectivity index (χ3v) is 3.95. The molecule has 0 fully saturated rings. The van der Waals surface area contributed by atoms with Crippen LogP contribution in [0.25, 0.3) is 0 Å². The lowest BCUT2D eigenvalue weighted by Crippen LogP contribution is -2.14. The number of rotatable bonds is 3. The van der Waals surface area contributed by atoms with E-state index in [9.17, 15) is 9.90 Å². The molecule has 1 atom stereocenters. The fourth-order valence-corrected chi connectivity index (χ4v) is 2.28. The molecule has 2 N–H and O–H groups in total. The number of hydrogen-bond donors (Lipinski definition) is 2. The van der Waals surface area contributed by atoms with Crippen LogP contribution < -0.4 is 5.32 Å². The Bertz CT molecular complexity index is 638. The van der Waals surface area contributed by atoms with E-state index in [2.05, 4.69) is 21.2 Å². The second-order valence-electron chi connectivity index (χ2n) is 4.68. The summed E-state index contributed by atoms with van der Waals surface area (Å²) in [7, 11) is 0.